The van der Waals surface area contributed by atoms with E-state index in [1.54, 1.807) is 24.3 Å². The molecule has 0 saturated carbocycles. The maximum atomic E-state index is 11.8. The van der Waals surface area contributed by atoms with Gasteiger partial charge in [0.1, 0.15) is 19.0 Å². The minimum absolute atomic E-state index is 0.0312. The molecule has 3 aromatic rings. The van der Waals surface area contributed by atoms with Gasteiger partial charge in [0.05, 0.1) is 10.6 Å². The Labute approximate surface area is 184 Å². The summed E-state index contributed by atoms with van der Waals surface area (Å²) in [5.41, 5.74) is 1.74. The molecule has 4 rings (SSSR count). The van der Waals surface area contributed by atoms with Gasteiger partial charge in [0.2, 0.25) is 6.41 Å². The fourth-order valence-corrected chi connectivity index (χ4v) is 3.62. The number of hydrogen-bond acceptors (Lipinski definition) is 6. The molecule has 7 nitrogen and oxygen atoms in total. The van der Waals surface area contributed by atoms with E-state index in [1.165, 1.54) is 11.3 Å². The second kappa shape index (κ2) is 11.0. The lowest BCUT2D eigenvalue weighted by Gasteiger charge is -2.20. The summed E-state index contributed by atoms with van der Waals surface area (Å²) in [6.07, 6.45) is 1.37. The van der Waals surface area contributed by atoms with Gasteiger partial charge in [0.25, 0.3) is 5.91 Å². The van der Waals surface area contributed by atoms with E-state index < -0.39 is 0 Å². The molecule has 8 heteroatoms. The topological polar surface area (TPSA) is 96.9 Å². The zero-order valence-corrected chi connectivity index (χ0v) is 17.9. The van der Waals surface area contributed by atoms with Crippen LogP contribution < -0.4 is 20.1 Å². The minimum atomic E-state index is -0.0312. The summed E-state index contributed by atoms with van der Waals surface area (Å²) >= 11 is 1.44. The Bertz CT molecular complexity index is 990. The Hall–Kier alpha value is -3.52. The zero-order chi connectivity index (χ0) is 22.1. The number of aromatic hydroxyl groups is 1. The van der Waals surface area contributed by atoms with Gasteiger partial charge in [-0.05, 0) is 54.6 Å². The average Bonchev–Trinajstić information content (AvgIpc) is 3.32. The Morgan fingerprint density at radius 3 is 2.61 bits per heavy atom. The van der Waals surface area contributed by atoms with Gasteiger partial charge in [-0.25, -0.2) is 0 Å². The lowest BCUT2D eigenvalue weighted by molar-refractivity contribution is -0.105. The van der Waals surface area contributed by atoms with Crippen LogP contribution in [0.1, 0.15) is 22.2 Å². The van der Waals surface area contributed by atoms with Gasteiger partial charge in [0, 0.05) is 6.04 Å². The van der Waals surface area contributed by atoms with Crippen LogP contribution in [0.5, 0.6) is 17.2 Å². The van der Waals surface area contributed by atoms with Gasteiger partial charge < -0.3 is 25.2 Å². The monoisotopic (exact) mass is 440 g/mol. The number of para-hydroxylation sites is 1. The van der Waals surface area contributed by atoms with E-state index in [-0.39, 0.29) is 17.7 Å². The molecule has 3 N–H and O–H groups in total. The number of amides is 2. The maximum absolute atomic E-state index is 11.8. The zero-order valence-electron chi connectivity index (χ0n) is 17.0. The number of phenols is 1. The van der Waals surface area contributed by atoms with Crippen molar-refractivity contribution in [2.45, 2.75) is 19.4 Å². The van der Waals surface area contributed by atoms with Crippen LogP contribution in [0.3, 0.4) is 0 Å². The number of benzene rings is 2. The molecule has 0 aliphatic carbocycles. The Balaban J connectivity index is 0.000000185. The van der Waals surface area contributed by atoms with Crippen LogP contribution in [0.2, 0.25) is 0 Å². The summed E-state index contributed by atoms with van der Waals surface area (Å²) < 4.78 is 10.7. The van der Waals surface area contributed by atoms with Crippen LogP contribution in [0.15, 0.2) is 60.0 Å². The first-order valence-electron chi connectivity index (χ1n) is 9.78. The largest absolute Gasteiger partial charge is 0.508 e. The second-order valence-corrected chi connectivity index (χ2v) is 7.76. The van der Waals surface area contributed by atoms with Crippen molar-refractivity contribution in [3.63, 3.8) is 0 Å². The Kier molecular flexibility index (Phi) is 7.89. The fraction of sp³-hybridized carbons (Fsp3) is 0.217. The standard InChI is InChI=1S/C14H15NO2S.C9H9NO3/c1-10(9-11-4-6-12(16)7-5-11)15-14(17)13-3-2-8-18-13;11-6-10-7-2-1-3-8-9(7)13-5-4-12-8/h2-8,10,16H,9H2,1H3,(H,15,17);1-3,6H,4-5H2,(H,10,11). The van der Waals surface area contributed by atoms with E-state index >= 15 is 0 Å². The summed E-state index contributed by atoms with van der Waals surface area (Å²) in [5, 5.41) is 16.6. The number of nitrogens with one attached hydrogen (secondary N) is 2. The number of hydrogen-bond donors (Lipinski definition) is 3. The number of carbonyl (C=O) groups excluding carboxylic acids is 2. The van der Waals surface area contributed by atoms with E-state index in [9.17, 15) is 14.7 Å². The number of carbonyl (C=O) groups is 2. The molecule has 0 saturated heterocycles. The summed E-state index contributed by atoms with van der Waals surface area (Å²) in [7, 11) is 0. The second-order valence-electron chi connectivity index (χ2n) is 6.81. The van der Waals surface area contributed by atoms with Gasteiger partial charge in [-0.3, -0.25) is 9.59 Å². The molecule has 2 amide bonds. The molecular formula is C23H24N2O5S. The van der Waals surface area contributed by atoms with E-state index in [1.807, 2.05) is 42.6 Å². The third kappa shape index (κ3) is 6.48. The van der Waals surface area contributed by atoms with Crippen LogP contribution in [-0.4, -0.2) is 36.7 Å². The fourth-order valence-electron chi connectivity index (χ4n) is 2.99. The molecule has 31 heavy (non-hydrogen) atoms. The molecule has 1 atom stereocenters. The van der Waals surface area contributed by atoms with Crippen molar-refractivity contribution in [1.82, 2.24) is 5.32 Å². The molecular weight excluding hydrogens is 416 g/mol. The van der Waals surface area contributed by atoms with Crippen molar-refractivity contribution in [3.05, 3.63) is 70.4 Å². The van der Waals surface area contributed by atoms with Gasteiger partial charge in [-0.1, -0.05) is 24.3 Å². The predicted octanol–water partition coefficient (Wildman–Crippen LogP) is 3.84. The Morgan fingerprint density at radius 2 is 1.90 bits per heavy atom. The molecule has 1 aliphatic heterocycles. The van der Waals surface area contributed by atoms with Crippen LogP contribution in [-0.2, 0) is 11.2 Å². The molecule has 1 aromatic heterocycles. The molecule has 0 fully saturated rings. The first-order valence-corrected chi connectivity index (χ1v) is 10.7. The molecule has 162 valence electrons. The minimum Gasteiger partial charge on any atom is -0.508 e. The van der Waals surface area contributed by atoms with Crippen molar-refractivity contribution in [2.75, 3.05) is 18.5 Å². The van der Waals surface area contributed by atoms with Crippen molar-refractivity contribution in [1.29, 1.82) is 0 Å². The van der Waals surface area contributed by atoms with Gasteiger partial charge in [-0.15, -0.1) is 11.3 Å². The number of anilines is 1. The molecule has 1 unspecified atom stereocenters. The van der Waals surface area contributed by atoms with Gasteiger partial charge in [0.15, 0.2) is 11.5 Å². The average molecular weight is 441 g/mol. The van der Waals surface area contributed by atoms with Crippen molar-refractivity contribution >= 4 is 29.3 Å². The molecule has 2 aromatic carbocycles. The summed E-state index contributed by atoms with van der Waals surface area (Å²) in [4.78, 5) is 22.8. The summed E-state index contributed by atoms with van der Waals surface area (Å²) in [6.45, 7) is 3.04. The van der Waals surface area contributed by atoms with Crippen LogP contribution >= 0.6 is 11.3 Å². The maximum Gasteiger partial charge on any atom is 0.261 e. The lowest BCUT2D eigenvalue weighted by Crippen LogP contribution is -2.33. The Morgan fingerprint density at radius 1 is 1.13 bits per heavy atom. The van der Waals surface area contributed by atoms with Crippen molar-refractivity contribution in [3.8, 4) is 17.2 Å². The highest BCUT2D eigenvalue weighted by Gasteiger charge is 2.14. The van der Waals surface area contributed by atoms with Crippen LogP contribution in [0.4, 0.5) is 5.69 Å². The van der Waals surface area contributed by atoms with E-state index in [4.69, 9.17) is 9.47 Å². The first kappa shape index (κ1) is 22.2. The smallest absolute Gasteiger partial charge is 0.261 e. The molecule has 0 radical (unpaired) electrons. The highest BCUT2D eigenvalue weighted by Crippen LogP contribution is 2.36. The van der Waals surface area contributed by atoms with Gasteiger partial charge in [-0.2, -0.15) is 0 Å². The molecule has 1 aliphatic rings. The van der Waals surface area contributed by atoms with Gasteiger partial charge >= 0.3 is 0 Å². The number of thiophene rings is 1. The molecule has 0 spiro atoms. The van der Waals surface area contributed by atoms with Crippen LogP contribution in [0, 0.1) is 0 Å². The van der Waals surface area contributed by atoms with Crippen molar-refractivity contribution < 1.29 is 24.2 Å². The predicted molar refractivity (Wildman–Crippen MR) is 120 cm³/mol. The third-order valence-electron chi connectivity index (χ3n) is 4.38. The van der Waals surface area contributed by atoms with E-state index in [0.29, 0.717) is 36.8 Å². The number of rotatable bonds is 6. The van der Waals surface area contributed by atoms with Crippen LogP contribution in [0.25, 0.3) is 0 Å². The molecule has 0 bridgehead atoms. The lowest BCUT2D eigenvalue weighted by atomic mass is 10.1. The van der Waals surface area contributed by atoms with Crippen molar-refractivity contribution in [2.24, 2.45) is 0 Å². The number of phenolic OH excluding ortho intramolecular Hbond substituents is 1. The quantitative estimate of drug-likeness (QED) is 0.506. The SMILES string of the molecule is CC(Cc1ccc(O)cc1)NC(=O)c1cccs1.O=CNc1cccc2c1OCCO2. The highest BCUT2D eigenvalue weighted by atomic mass is 32.1. The van der Waals surface area contributed by atoms with E-state index in [0.717, 1.165) is 16.9 Å². The van der Waals surface area contributed by atoms with E-state index in [2.05, 4.69) is 10.6 Å². The normalized spacial score (nSPS) is 12.7. The molecule has 2 heterocycles. The summed E-state index contributed by atoms with van der Waals surface area (Å²) in [5.74, 6) is 1.52. The highest BCUT2D eigenvalue weighted by molar-refractivity contribution is 7.12. The number of fused-ring (bicyclic) bond motifs is 1. The number of ether oxygens (including phenoxy) is 2. The summed E-state index contributed by atoms with van der Waals surface area (Å²) in [6, 6.07) is 16.2. The first-order chi connectivity index (χ1) is 15.1. The third-order valence-corrected chi connectivity index (χ3v) is 5.25.